The summed E-state index contributed by atoms with van der Waals surface area (Å²) in [7, 11) is 0. The first kappa shape index (κ1) is 9.99. The molecule has 0 N–H and O–H groups in total. The molecule has 1 aliphatic rings. The van der Waals surface area contributed by atoms with Gasteiger partial charge in [-0.1, -0.05) is 15.9 Å². The molecule has 0 aromatic heterocycles. The van der Waals surface area contributed by atoms with Crippen molar-refractivity contribution in [1.29, 1.82) is 0 Å². The van der Waals surface area contributed by atoms with Crippen LogP contribution in [-0.4, -0.2) is 19.3 Å². The van der Waals surface area contributed by atoms with Crippen molar-refractivity contribution in [3.8, 4) is 5.75 Å². The molecule has 1 aliphatic heterocycles. The van der Waals surface area contributed by atoms with Gasteiger partial charge in [0.2, 0.25) is 0 Å². The molecular formula is C11H13BrO2. The van der Waals surface area contributed by atoms with Crippen LogP contribution >= 0.6 is 15.9 Å². The summed E-state index contributed by atoms with van der Waals surface area (Å²) in [5.74, 6) is 0.906. The second-order valence-corrected chi connectivity index (χ2v) is 4.32. The lowest BCUT2D eigenvalue weighted by molar-refractivity contribution is 0.0679. The molecule has 1 saturated heterocycles. The first-order valence-corrected chi connectivity index (χ1v) is 5.64. The van der Waals surface area contributed by atoms with Crippen molar-refractivity contribution in [2.24, 2.45) is 0 Å². The highest BCUT2D eigenvalue weighted by Gasteiger charge is 2.15. The Labute approximate surface area is 92.3 Å². The second-order valence-electron chi connectivity index (χ2n) is 3.40. The van der Waals surface area contributed by atoms with Crippen molar-refractivity contribution in [3.63, 3.8) is 0 Å². The number of benzene rings is 1. The van der Waals surface area contributed by atoms with E-state index in [1.165, 1.54) is 0 Å². The van der Waals surface area contributed by atoms with Crippen LogP contribution in [0.3, 0.4) is 0 Å². The molecule has 3 heteroatoms. The molecule has 1 fully saturated rings. The van der Waals surface area contributed by atoms with E-state index in [1.807, 2.05) is 24.3 Å². The van der Waals surface area contributed by atoms with E-state index < -0.39 is 0 Å². The highest BCUT2D eigenvalue weighted by Crippen LogP contribution is 2.18. The van der Waals surface area contributed by atoms with Gasteiger partial charge in [0.25, 0.3) is 0 Å². The maximum atomic E-state index is 5.60. The molecule has 0 saturated carbocycles. The minimum atomic E-state index is 0.290. The Morgan fingerprint density at radius 3 is 2.79 bits per heavy atom. The second kappa shape index (κ2) is 4.80. The van der Waals surface area contributed by atoms with Crippen molar-refractivity contribution in [1.82, 2.24) is 0 Å². The summed E-state index contributed by atoms with van der Waals surface area (Å²) in [5.41, 5.74) is 0. The molecule has 0 radical (unpaired) electrons. The van der Waals surface area contributed by atoms with Crippen LogP contribution in [0, 0.1) is 0 Å². The Kier molecular flexibility index (Phi) is 3.43. The van der Waals surface area contributed by atoms with E-state index in [4.69, 9.17) is 9.47 Å². The molecule has 1 aromatic carbocycles. The third kappa shape index (κ3) is 2.72. The van der Waals surface area contributed by atoms with Crippen LogP contribution in [0.15, 0.2) is 28.7 Å². The number of hydrogen-bond acceptors (Lipinski definition) is 2. The van der Waals surface area contributed by atoms with Crippen molar-refractivity contribution >= 4 is 15.9 Å². The molecule has 0 spiro atoms. The topological polar surface area (TPSA) is 18.5 Å². The van der Waals surface area contributed by atoms with Gasteiger partial charge in [-0.25, -0.2) is 0 Å². The molecule has 14 heavy (non-hydrogen) atoms. The van der Waals surface area contributed by atoms with Gasteiger partial charge in [0.05, 0.1) is 6.10 Å². The minimum Gasteiger partial charge on any atom is -0.491 e. The number of halogens is 1. The van der Waals surface area contributed by atoms with Gasteiger partial charge < -0.3 is 9.47 Å². The number of ether oxygens (including phenoxy) is 2. The SMILES string of the molecule is Brc1ccc(OC[C@@H]2CCCO2)cc1. The fraction of sp³-hybridized carbons (Fsp3) is 0.455. The number of hydrogen-bond donors (Lipinski definition) is 0. The van der Waals surface area contributed by atoms with Gasteiger partial charge in [-0.15, -0.1) is 0 Å². The standard InChI is InChI=1S/C11H13BrO2/c12-9-3-5-10(6-4-9)14-8-11-2-1-7-13-11/h3-6,11H,1-2,7-8H2/t11-/m0/s1. The van der Waals surface area contributed by atoms with Crippen LogP contribution in [-0.2, 0) is 4.74 Å². The van der Waals surface area contributed by atoms with Crippen molar-refractivity contribution < 1.29 is 9.47 Å². The normalized spacial score (nSPS) is 21.1. The maximum Gasteiger partial charge on any atom is 0.119 e. The Hall–Kier alpha value is -0.540. The molecule has 1 heterocycles. The van der Waals surface area contributed by atoms with Crippen LogP contribution in [0.4, 0.5) is 0 Å². The molecular weight excluding hydrogens is 244 g/mol. The average Bonchev–Trinajstić information content (AvgIpc) is 2.70. The third-order valence-electron chi connectivity index (χ3n) is 2.27. The molecule has 0 amide bonds. The first-order valence-electron chi connectivity index (χ1n) is 4.84. The minimum absolute atomic E-state index is 0.290. The first-order chi connectivity index (χ1) is 6.84. The van der Waals surface area contributed by atoms with Gasteiger partial charge in [0.15, 0.2) is 0 Å². The van der Waals surface area contributed by atoms with Crippen molar-refractivity contribution in [2.75, 3.05) is 13.2 Å². The number of rotatable bonds is 3. The monoisotopic (exact) mass is 256 g/mol. The Morgan fingerprint density at radius 2 is 2.14 bits per heavy atom. The van der Waals surface area contributed by atoms with E-state index in [-0.39, 0.29) is 0 Å². The zero-order valence-corrected chi connectivity index (χ0v) is 9.50. The summed E-state index contributed by atoms with van der Waals surface area (Å²) in [6, 6.07) is 7.87. The highest BCUT2D eigenvalue weighted by molar-refractivity contribution is 9.10. The predicted octanol–water partition coefficient (Wildman–Crippen LogP) is 3.01. The van der Waals surface area contributed by atoms with Gasteiger partial charge in [0.1, 0.15) is 12.4 Å². The van der Waals surface area contributed by atoms with Crippen LogP contribution in [0.5, 0.6) is 5.75 Å². The largest absolute Gasteiger partial charge is 0.491 e. The molecule has 2 nitrogen and oxygen atoms in total. The molecule has 2 rings (SSSR count). The molecule has 0 unspecified atom stereocenters. The lowest BCUT2D eigenvalue weighted by Gasteiger charge is -2.11. The van der Waals surface area contributed by atoms with Crippen molar-refractivity contribution in [2.45, 2.75) is 18.9 Å². The van der Waals surface area contributed by atoms with E-state index in [1.54, 1.807) is 0 Å². The Bertz CT molecular complexity index is 278. The Balaban J connectivity index is 1.82. The van der Waals surface area contributed by atoms with Crippen LogP contribution < -0.4 is 4.74 Å². The smallest absolute Gasteiger partial charge is 0.119 e. The summed E-state index contributed by atoms with van der Waals surface area (Å²) in [6.45, 7) is 1.55. The Morgan fingerprint density at radius 1 is 1.36 bits per heavy atom. The summed E-state index contributed by atoms with van der Waals surface area (Å²) < 4.78 is 12.1. The third-order valence-corrected chi connectivity index (χ3v) is 2.80. The summed E-state index contributed by atoms with van der Waals surface area (Å²) in [6.07, 6.45) is 2.57. The van der Waals surface area contributed by atoms with Gasteiger partial charge in [0, 0.05) is 11.1 Å². The quantitative estimate of drug-likeness (QED) is 0.828. The zero-order chi connectivity index (χ0) is 9.80. The molecule has 1 atom stereocenters. The van der Waals surface area contributed by atoms with Crippen LogP contribution in [0.25, 0.3) is 0 Å². The van der Waals surface area contributed by atoms with Crippen LogP contribution in [0.2, 0.25) is 0 Å². The predicted molar refractivity (Wildman–Crippen MR) is 58.6 cm³/mol. The van der Waals surface area contributed by atoms with Gasteiger partial charge in [-0.3, -0.25) is 0 Å². The molecule has 0 bridgehead atoms. The van der Waals surface area contributed by atoms with Gasteiger partial charge in [-0.05, 0) is 37.1 Å². The molecule has 0 aliphatic carbocycles. The molecule has 76 valence electrons. The van der Waals surface area contributed by atoms with Gasteiger partial charge in [-0.2, -0.15) is 0 Å². The van der Waals surface area contributed by atoms with E-state index in [2.05, 4.69) is 15.9 Å². The fourth-order valence-corrected chi connectivity index (χ4v) is 1.76. The fourth-order valence-electron chi connectivity index (χ4n) is 1.50. The summed E-state index contributed by atoms with van der Waals surface area (Å²) in [5, 5.41) is 0. The lowest BCUT2D eigenvalue weighted by atomic mass is 10.2. The lowest BCUT2D eigenvalue weighted by Crippen LogP contribution is -2.16. The average molecular weight is 257 g/mol. The van der Waals surface area contributed by atoms with Crippen molar-refractivity contribution in [3.05, 3.63) is 28.7 Å². The summed E-state index contributed by atoms with van der Waals surface area (Å²) >= 11 is 3.38. The maximum absolute atomic E-state index is 5.60. The van der Waals surface area contributed by atoms with E-state index in [0.29, 0.717) is 12.7 Å². The zero-order valence-electron chi connectivity index (χ0n) is 7.91. The highest BCUT2D eigenvalue weighted by atomic mass is 79.9. The molecule has 1 aromatic rings. The van der Waals surface area contributed by atoms with E-state index in [9.17, 15) is 0 Å². The van der Waals surface area contributed by atoms with E-state index in [0.717, 1.165) is 29.7 Å². The van der Waals surface area contributed by atoms with Crippen LogP contribution in [0.1, 0.15) is 12.8 Å². The summed E-state index contributed by atoms with van der Waals surface area (Å²) in [4.78, 5) is 0. The van der Waals surface area contributed by atoms with E-state index >= 15 is 0 Å². The van der Waals surface area contributed by atoms with Gasteiger partial charge >= 0.3 is 0 Å².